The maximum absolute atomic E-state index is 4.72. The van der Waals surface area contributed by atoms with Crippen LogP contribution >= 0.6 is 0 Å². The zero-order valence-electron chi connectivity index (χ0n) is 16.2. The third-order valence-corrected chi connectivity index (χ3v) is 5.81. The van der Waals surface area contributed by atoms with Gasteiger partial charge in [0.2, 0.25) is 0 Å². The lowest BCUT2D eigenvalue weighted by atomic mass is 10.1. The second-order valence-electron chi connectivity index (χ2n) is 7.76. The molecule has 2 saturated heterocycles. The fraction of sp³-hybridized carbons (Fsp3) is 0.476. The van der Waals surface area contributed by atoms with E-state index in [4.69, 9.17) is 4.98 Å². The molecule has 2 aliphatic rings. The van der Waals surface area contributed by atoms with Gasteiger partial charge in [0, 0.05) is 58.2 Å². The minimum Gasteiger partial charge on any atom is -0.355 e. The number of anilines is 2. The number of imidazole rings is 1. The molecule has 5 heterocycles. The first-order valence-corrected chi connectivity index (χ1v) is 10.3. The van der Waals surface area contributed by atoms with Crippen molar-refractivity contribution < 1.29 is 0 Å². The minimum absolute atomic E-state index is 0.898. The second-order valence-corrected chi connectivity index (χ2v) is 7.76. The van der Waals surface area contributed by atoms with E-state index in [0.717, 1.165) is 68.8 Å². The Bertz CT molecular complexity index is 873. The van der Waals surface area contributed by atoms with Crippen LogP contribution in [0, 0.1) is 0 Å². The van der Waals surface area contributed by atoms with Gasteiger partial charge in [0.05, 0.1) is 5.69 Å². The predicted octanol–water partition coefficient (Wildman–Crippen LogP) is 2.44. The topological polar surface area (TPSA) is 52.8 Å². The average Bonchev–Trinajstić information content (AvgIpc) is 3.17. The number of piperidine rings is 1. The summed E-state index contributed by atoms with van der Waals surface area (Å²) in [6, 6.07) is 10.4. The Balaban J connectivity index is 1.17. The van der Waals surface area contributed by atoms with Gasteiger partial charge in [0.1, 0.15) is 5.65 Å². The summed E-state index contributed by atoms with van der Waals surface area (Å²) in [6.45, 7) is 7.10. The lowest BCUT2D eigenvalue weighted by Gasteiger charge is -2.35. The van der Waals surface area contributed by atoms with Crippen molar-refractivity contribution in [2.45, 2.75) is 25.8 Å². The highest BCUT2D eigenvalue weighted by Gasteiger charge is 2.20. The highest BCUT2D eigenvalue weighted by molar-refractivity contribution is 5.45. The number of rotatable bonds is 4. The van der Waals surface area contributed by atoms with Gasteiger partial charge in [-0.2, -0.15) is 0 Å². The SMILES string of the molecule is c1ccn2cc(CN3CCN(c4ccc(N5CCCCC5)nn4)CC3)nc2c1. The Morgan fingerprint density at radius 2 is 1.46 bits per heavy atom. The van der Waals surface area contributed by atoms with Gasteiger partial charge in [-0.1, -0.05) is 6.07 Å². The van der Waals surface area contributed by atoms with Gasteiger partial charge in [-0.05, 0) is 43.5 Å². The summed E-state index contributed by atoms with van der Waals surface area (Å²) in [5, 5.41) is 9.01. The fourth-order valence-electron chi connectivity index (χ4n) is 4.21. The van der Waals surface area contributed by atoms with Gasteiger partial charge < -0.3 is 14.2 Å². The number of fused-ring (bicyclic) bond motifs is 1. The first kappa shape index (κ1) is 17.4. The lowest BCUT2D eigenvalue weighted by molar-refractivity contribution is 0.247. The summed E-state index contributed by atoms with van der Waals surface area (Å²) in [5.41, 5.74) is 2.14. The molecule has 0 unspecified atom stereocenters. The van der Waals surface area contributed by atoms with Crippen LogP contribution < -0.4 is 9.80 Å². The van der Waals surface area contributed by atoms with E-state index in [2.05, 4.69) is 53.8 Å². The summed E-state index contributed by atoms with van der Waals surface area (Å²) in [7, 11) is 0. The summed E-state index contributed by atoms with van der Waals surface area (Å²) < 4.78 is 2.09. The number of nitrogens with zero attached hydrogens (tertiary/aromatic N) is 7. The molecule has 0 saturated carbocycles. The number of hydrogen-bond donors (Lipinski definition) is 0. The molecule has 5 rings (SSSR count). The van der Waals surface area contributed by atoms with E-state index in [1.165, 1.54) is 19.3 Å². The maximum Gasteiger partial charge on any atom is 0.151 e. The van der Waals surface area contributed by atoms with E-state index in [1.807, 2.05) is 18.2 Å². The van der Waals surface area contributed by atoms with Gasteiger partial charge in [-0.25, -0.2) is 4.98 Å². The largest absolute Gasteiger partial charge is 0.355 e. The predicted molar refractivity (Wildman–Crippen MR) is 111 cm³/mol. The van der Waals surface area contributed by atoms with Crippen molar-refractivity contribution in [3.8, 4) is 0 Å². The third kappa shape index (κ3) is 3.67. The maximum atomic E-state index is 4.72. The molecule has 7 heteroatoms. The molecule has 0 N–H and O–H groups in total. The summed E-state index contributed by atoms with van der Waals surface area (Å²) in [5.74, 6) is 2.02. The molecule has 146 valence electrons. The molecule has 3 aromatic rings. The molecule has 2 fully saturated rings. The van der Waals surface area contributed by atoms with Crippen molar-refractivity contribution in [1.29, 1.82) is 0 Å². The van der Waals surface area contributed by atoms with Gasteiger partial charge >= 0.3 is 0 Å². The molecular formula is C21H27N7. The molecule has 0 atom stereocenters. The molecule has 0 radical (unpaired) electrons. The van der Waals surface area contributed by atoms with Crippen molar-refractivity contribution in [3.63, 3.8) is 0 Å². The van der Waals surface area contributed by atoms with Crippen LogP contribution in [0.1, 0.15) is 25.0 Å². The molecule has 28 heavy (non-hydrogen) atoms. The smallest absolute Gasteiger partial charge is 0.151 e. The van der Waals surface area contributed by atoms with Crippen LogP contribution in [0.25, 0.3) is 5.65 Å². The van der Waals surface area contributed by atoms with Crippen LogP contribution in [-0.4, -0.2) is 63.8 Å². The van der Waals surface area contributed by atoms with Crippen LogP contribution in [0.3, 0.4) is 0 Å². The van der Waals surface area contributed by atoms with E-state index in [9.17, 15) is 0 Å². The van der Waals surface area contributed by atoms with Crippen molar-refractivity contribution >= 4 is 17.3 Å². The molecule has 3 aromatic heterocycles. The van der Waals surface area contributed by atoms with E-state index in [-0.39, 0.29) is 0 Å². The van der Waals surface area contributed by atoms with Crippen molar-refractivity contribution in [2.75, 3.05) is 49.1 Å². The standard InChI is InChI=1S/C21H27N7/c1-3-9-26(10-4-1)20-7-8-21(24-23-20)27-14-12-25(13-15-27)16-18-17-28-11-5-2-6-19(28)22-18/h2,5-8,11,17H,1,3-4,9-10,12-16H2. The van der Waals surface area contributed by atoms with Crippen LogP contribution in [0.2, 0.25) is 0 Å². The zero-order valence-corrected chi connectivity index (χ0v) is 16.2. The molecule has 0 amide bonds. The third-order valence-electron chi connectivity index (χ3n) is 5.81. The van der Waals surface area contributed by atoms with Crippen molar-refractivity contribution in [2.24, 2.45) is 0 Å². The van der Waals surface area contributed by atoms with E-state index >= 15 is 0 Å². The van der Waals surface area contributed by atoms with E-state index < -0.39 is 0 Å². The number of aromatic nitrogens is 4. The van der Waals surface area contributed by atoms with Gasteiger partial charge in [-0.3, -0.25) is 4.90 Å². The van der Waals surface area contributed by atoms with Gasteiger partial charge in [0.15, 0.2) is 11.6 Å². The first-order chi connectivity index (χ1) is 13.8. The number of hydrogen-bond acceptors (Lipinski definition) is 6. The molecule has 0 bridgehead atoms. The summed E-state index contributed by atoms with van der Waals surface area (Å²) >= 11 is 0. The first-order valence-electron chi connectivity index (χ1n) is 10.3. The Hall–Kier alpha value is -2.67. The molecule has 7 nitrogen and oxygen atoms in total. The van der Waals surface area contributed by atoms with Crippen LogP contribution in [0.5, 0.6) is 0 Å². The molecular weight excluding hydrogens is 350 g/mol. The number of pyridine rings is 1. The Labute approximate surface area is 165 Å². The van der Waals surface area contributed by atoms with Crippen LogP contribution in [0.15, 0.2) is 42.7 Å². The average molecular weight is 377 g/mol. The molecule has 2 aliphatic heterocycles. The quantitative estimate of drug-likeness (QED) is 0.696. The Morgan fingerprint density at radius 3 is 2.14 bits per heavy atom. The molecule has 0 aliphatic carbocycles. The van der Waals surface area contributed by atoms with Gasteiger partial charge in [-0.15, -0.1) is 10.2 Å². The minimum atomic E-state index is 0.898. The Morgan fingerprint density at radius 1 is 0.750 bits per heavy atom. The summed E-state index contributed by atoms with van der Waals surface area (Å²) in [6.07, 6.45) is 8.04. The molecule has 0 spiro atoms. The highest BCUT2D eigenvalue weighted by atomic mass is 15.3. The summed E-state index contributed by atoms with van der Waals surface area (Å²) in [4.78, 5) is 11.9. The highest BCUT2D eigenvalue weighted by Crippen LogP contribution is 2.20. The monoisotopic (exact) mass is 377 g/mol. The normalized spacial score (nSPS) is 18.7. The van der Waals surface area contributed by atoms with Crippen molar-refractivity contribution in [1.82, 2.24) is 24.5 Å². The fourth-order valence-corrected chi connectivity index (χ4v) is 4.21. The Kier molecular flexibility index (Phi) is 4.83. The second kappa shape index (κ2) is 7.75. The van der Waals surface area contributed by atoms with Crippen LogP contribution in [0.4, 0.5) is 11.6 Å². The number of piperazine rings is 1. The lowest BCUT2D eigenvalue weighted by Crippen LogP contribution is -2.46. The van der Waals surface area contributed by atoms with Crippen LogP contribution in [-0.2, 0) is 6.54 Å². The van der Waals surface area contributed by atoms with Gasteiger partial charge in [0.25, 0.3) is 0 Å². The van der Waals surface area contributed by atoms with Crippen molar-refractivity contribution in [3.05, 3.63) is 48.4 Å². The molecule has 0 aromatic carbocycles. The van der Waals surface area contributed by atoms with E-state index in [0.29, 0.717) is 0 Å². The van der Waals surface area contributed by atoms with E-state index in [1.54, 1.807) is 0 Å². The zero-order chi connectivity index (χ0) is 18.8.